The Morgan fingerprint density at radius 2 is 1.61 bits per heavy atom. The molecule has 0 amide bonds. The van der Waals surface area contributed by atoms with Crippen molar-refractivity contribution in [3.63, 3.8) is 0 Å². The SMILES string of the molecule is Clc1ccc(-c2nc(Nc3ccc4c(c3)OCCO4)c3ccccc3n2)cc1. The maximum atomic E-state index is 6.02. The van der Waals surface area contributed by atoms with Crippen LogP contribution in [0.15, 0.2) is 66.7 Å². The molecular formula is C22H16ClN3O2. The maximum Gasteiger partial charge on any atom is 0.163 e. The Morgan fingerprint density at radius 1 is 0.821 bits per heavy atom. The maximum absolute atomic E-state index is 6.02. The van der Waals surface area contributed by atoms with Crippen LogP contribution >= 0.6 is 11.6 Å². The Balaban J connectivity index is 1.59. The Bertz CT molecular complexity index is 1160. The zero-order valence-electron chi connectivity index (χ0n) is 14.9. The second kappa shape index (κ2) is 7.02. The Hall–Kier alpha value is -3.31. The van der Waals surface area contributed by atoms with E-state index in [0.717, 1.165) is 39.5 Å². The number of nitrogens with zero attached hydrogens (tertiary/aromatic N) is 2. The number of para-hydroxylation sites is 1. The first-order valence-corrected chi connectivity index (χ1v) is 9.33. The summed E-state index contributed by atoms with van der Waals surface area (Å²) < 4.78 is 11.3. The number of rotatable bonds is 3. The van der Waals surface area contributed by atoms with Crippen molar-refractivity contribution in [1.82, 2.24) is 9.97 Å². The molecule has 2 heterocycles. The molecule has 0 saturated carbocycles. The summed E-state index contributed by atoms with van der Waals surface area (Å²) in [4.78, 5) is 9.48. The lowest BCUT2D eigenvalue weighted by Gasteiger charge is -2.19. The summed E-state index contributed by atoms with van der Waals surface area (Å²) in [7, 11) is 0. The molecule has 5 nitrogen and oxygen atoms in total. The largest absolute Gasteiger partial charge is 0.486 e. The molecule has 3 aromatic carbocycles. The minimum atomic E-state index is 0.549. The number of benzene rings is 3. The second-order valence-corrected chi connectivity index (χ2v) is 6.84. The second-order valence-electron chi connectivity index (χ2n) is 6.40. The van der Waals surface area contributed by atoms with Gasteiger partial charge in [0.1, 0.15) is 19.0 Å². The molecule has 1 N–H and O–H groups in total. The standard InChI is InChI=1S/C22H16ClN3O2/c23-15-7-5-14(6-8-15)21-25-18-4-2-1-3-17(18)22(26-21)24-16-9-10-19-20(13-16)28-12-11-27-19/h1-10,13H,11-12H2,(H,24,25,26). The summed E-state index contributed by atoms with van der Waals surface area (Å²) in [6, 6.07) is 21.2. The van der Waals surface area contributed by atoms with E-state index in [0.29, 0.717) is 24.1 Å². The Kier molecular flexibility index (Phi) is 4.22. The van der Waals surface area contributed by atoms with Crippen LogP contribution in [0.25, 0.3) is 22.3 Å². The topological polar surface area (TPSA) is 56.3 Å². The molecule has 4 aromatic rings. The quantitative estimate of drug-likeness (QED) is 0.503. The first kappa shape index (κ1) is 16.8. The van der Waals surface area contributed by atoms with Crippen LogP contribution in [-0.4, -0.2) is 23.2 Å². The molecule has 6 heteroatoms. The number of halogens is 1. The Morgan fingerprint density at radius 3 is 2.46 bits per heavy atom. The summed E-state index contributed by atoms with van der Waals surface area (Å²) in [5.74, 6) is 2.85. The molecule has 0 fully saturated rings. The summed E-state index contributed by atoms with van der Waals surface area (Å²) in [6.45, 7) is 1.12. The van der Waals surface area contributed by atoms with Crippen molar-refractivity contribution in [3.05, 3.63) is 71.8 Å². The van der Waals surface area contributed by atoms with E-state index in [1.807, 2.05) is 66.7 Å². The third-order valence-electron chi connectivity index (χ3n) is 4.51. The predicted molar refractivity (Wildman–Crippen MR) is 111 cm³/mol. The van der Waals surface area contributed by atoms with E-state index in [9.17, 15) is 0 Å². The van der Waals surface area contributed by atoms with Gasteiger partial charge in [-0.05, 0) is 48.5 Å². The van der Waals surface area contributed by atoms with Crippen LogP contribution in [0.1, 0.15) is 0 Å². The monoisotopic (exact) mass is 389 g/mol. The number of anilines is 2. The molecule has 0 aliphatic carbocycles. The summed E-state index contributed by atoms with van der Waals surface area (Å²) in [6.07, 6.45) is 0. The molecule has 1 aliphatic rings. The number of hydrogen-bond donors (Lipinski definition) is 1. The highest BCUT2D eigenvalue weighted by molar-refractivity contribution is 6.30. The molecule has 5 rings (SSSR count). The third-order valence-corrected chi connectivity index (χ3v) is 4.76. The average Bonchev–Trinajstić information content (AvgIpc) is 2.74. The molecule has 0 spiro atoms. The number of fused-ring (bicyclic) bond motifs is 2. The highest BCUT2D eigenvalue weighted by Crippen LogP contribution is 2.34. The summed E-state index contributed by atoms with van der Waals surface area (Å²) in [5.41, 5.74) is 2.64. The van der Waals surface area contributed by atoms with Crippen molar-refractivity contribution in [1.29, 1.82) is 0 Å². The van der Waals surface area contributed by atoms with E-state index in [4.69, 9.17) is 31.0 Å². The van der Waals surface area contributed by atoms with Gasteiger partial charge in [-0.2, -0.15) is 0 Å². The molecule has 1 aromatic heterocycles. The Labute approximate surface area is 166 Å². The zero-order valence-corrected chi connectivity index (χ0v) is 15.6. The minimum absolute atomic E-state index is 0.549. The average molecular weight is 390 g/mol. The third kappa shape index (κ3) is 3.21. The molecule has 0 unspecified atom stereocenters. The van der Waals surface area contributed by atoms with Gasteiger partial charge < -0.3 is 14.8 Å². The van der Waals surface area contributed by atoms with Gasteiger partial charge in [0.2, 0.25) is 0 Å². The van der Waals surface area contributed by atoms with Gasteiger partial charge in [0.15, 0.2) is 17.3 Å². The zero-order chi connectivity index (χ0) is 18.9. The number of ether oxygens (including phenoxy) is 2. The van der Waals surface area contributed by atoms with Crippen molar-refractivity contribution in [2.45, 2.75) is 0 Å². The first-order chi connectivity index (χ1) is 13.8. The number of hydrogen-bond acceptors (Lipinski definition) is 5. The lowest BCUT2D eigenvalue weighted by molar-refractivity contribution is 0.171. The van der Waals surface area contributed by atoms with Gasteiger partial charge in [-0.25, -0.2) is 9.97 Å². The van der Waals surface area contributed by atoms with E-state index in [-0.39, 0.29) is 0 Å². The van der Waals surface area contributed by atoms with Gasteiger partial charge >= 0.3 is 0 Å². The lowest BCUT2D eigenvalue weighted by Crippen LogP contribution is -2.15. The lowest BCUT2D eigenvalue weighted by atomic mass is 10.1. The molecule has 0 radical (unpaired) electrons. The fraction of sp³-hybridized carbons (Fsp3) is 0.0909. The van der Waals surface area contributed by atoms with E-state index in [1.54, 1.807) is 0 Å². The van der Waals surface area contributed by atoms with Crippen LogP contribution in [0.4, 0.5) is 11.5 Å². The molecule has 0 atom stereocenters. The van der Waals surface area contributed by atoms with Gasteiger partial charge in [0, 0.05) is 27.7 Å². The summed E-state index contributed by atoms with van der Waals surface area (Å²) in [5, 5.41) is 5.03. The highest BCUT2D eigenvalue weighted by atomic mass is 35.5. The van der Waals surface area contributed by atoms with Crippen LogP contribution in [0.3, 0.4) is 0 Å². The molecule has 0 saturated heterocycles. The van der Waals surface area contributed by atoms with E-state index in [1.165, 1.54) is 0 Å². The molecular weight excluding hydrogens is 374 g/mol. The van der Waals surface area contributed by atoms with Crippen LogP contribution in [0.2, 0.25) is 5.02 Å². The van der Waals surface area contributed by atoms with Crippen LogP contribution in [0, 0.1) is 0 Å². The van der Waals surface area contributed by atoms with Crippen molar-refractivity contribution in [2.24, 2.45) is 0 Å². The normalized spacial score (nSPS) is 12.8. The highest BCUT2D eigenvalue weighted by Gasteiger charge is 2.14. The number of nitrogens with one attached hydrogen (secondary N) is 1. The smallest absolute Gasteiger partial charge is 0.163 e. The summed E-state index contributed by atoms with van der Waals surface area (Å²) >= 11 is 6.02. The van der Waals surface area contributed by atoms with E-state index in [2.05, 4.69) is 5.32 Å². The van der Waals surface area contributed by atoms with Crippen LogP contribution in [0.5, 0.6) is 11.5 Å². The number of aromatic nitrogens is 2. The van der Waals surface area contributed by atoms with Crippen molar-refractivity contribution in [2.75, 3.05) is 18.5 Å². The molecule has 28 heavy (non-hydrogen) atoms. The molecule has 0 bridgehead atoms. The minimum Gasteiger partial charge on any atom is -0.486 e. The van der Waals surface area contributed by atoms with Gasteiger partial charge in [-0.15, -0.1) is 0 Å². The van der Waals surface area contributed by atoms with Gasteiger partial charge in [-0.3, -0.25) is 0 Å². The predicted octanol–water partition coefficient (Wildman–Crippen LogP) is 5.47. The molecule has 138 valence electrons. The van der Waals surface area contributed by atoms with Gasteiger partial charge in [0.05, 0.1) is 5.52 Å². The first-order valence-electron chi connectivity index (χ1n) is 8.96. The van der Waals surface area contributed by atoms with Crippen LogP contribution < -0.4 is 14.8 Å². The molecule has 1 aliphatic heterocycles. The van der Waals surface area contributed by atoms with Gasteiger partial charge in [0.25, 0.3) is 0 Å². The van der Waals surface area contributed by atoms with Crippen molar-refractivity contribution >= 4 is 34.0 Å². The van der Waals surface area contributed by atoms with Gasteiger partial charge in [-0.1, -0.05) is 23.7 Å². The fourth-order valence-electron chi connectivity index (χ4n) is 3.16. The fourth-order valence-corrected chi connectivity index (χ4v) is 3.28. The van der Waals surface area contributed by atoms with Crippen molar-refractivity contribution < 1.29 is 9.47 Å². The van der Waals surface area contributed by atoms with E-state index < -0.39 is 0 Å². The van der Waals surface area contributed by atoms with Crippen LogP contribution in [-0.2, 0) is 0 Å². The van der Waals surface area contributed by atoms with Crippen molar-refractivity contribution in [3.8, 4) is 22.9 Å². The van der Waals surface area contributed by atoms with E-state index >= 15 is 0 Å².